The van der Waals surface area contributed by atoms with Gasteiger partial charge in [-0.15, -0.1) is 0 Å². The van der Waals surface area contributed by atoms with E-state index in [1.165, 1.54) is 0 Å². The Morgan fingerprint density at radius 2 is 1.86 bits per heavy atom. The van der Waals surface area contributed by atoms with Crippen molar-refractivity contribution in [3.63, 3.8) is 0 Å². The first-order valence-electron chi connectivity index (χ1n) is 7.04. The Kier molecular flexibility index (Phi) is 4.83. The van der Waals surface area contributed by atoms with Crippen LogP contribution in [-0.2, 0) is 4.79 Å². The van der Waals surface area contributed by atoms with Crippen LogP contribution in [0.2, 0.25) is 5.02 Å². The van der Waals surface area contributed by atoms with Crippen LogP contribution in [0.5, 0.6) is 0 Å². The van der Waals surface area contributed by atoms with Crippen LogP contribution in [0.15, 0.2) is 18.2 Å². The van der Waals surface area contributed by atoms with Crippen molar-refractivity contribution in [2.75, 3.05) is 5.32 Å². The van der Waals surface area contributed by atoms with Gasteiger partial charge in [-0.3, -0.25) is 4.79 Å². The highest BCUT2D eigenvalue weighted by molar-refractivity contribution is 6.31. The van der Waals surface area contributed by atoms with E-state index < -0.39 is 5.41 Å². The van der Waals surface area contributed by atoms with Gasteiger partial charge in [0.15, 0.2) is 0 Å². The van der Waals surface area contributed by atoms with Crippen LogP contribution in [0.3, 0.4) is 0 Å². The van der Waals surface area contributed by atoms with E-state index in [2.05, 4.69) is 11.4 Å². The molecular weight excluding hydrogens is 286 g/mol. The minimum Gasteiger partial charge on any atom is -0.323 e. The molecule has 2 rings (SSSR count). The van der Waals surface area contributed by atoms with Gasteiger partial charge < -0.3 is 5.32 Å². The van der Waals surface area contributed by atoms with Crippen molar-refractivity contribution in [3.05, 3.63) is 28.8 Å². The molecule has 1 saturated carbocycles. The summed E-state index contributed by atoms with van der Waals surface area (Å²) in [7, 11) is 0. The van der Waals surface area contributed by atoms with E-state index in [1.54, 1.807) is 18.2 Å². The maximum Gasteiger partial charge on any atom is 0.244 e. The van der Waals surface area contributed by atoms with Gasteiger partial charge in [0.05, 0.1) is 17.3 Å². The van der Waals surface area contributed by atoms with Crippen molar-refractivity contribution < 1.29 is 4.79 Å². The largest absolute Gasteiger partial charge is 0.323 e. The zero-order valence-electron chi connectivity index (χ0n) is 11.7. The molecule has 1 aromatic carbocycles. The van der Waals surface area contributed by atoms with Gasteiger partial charge in [-0.05, 0) is 31.0 Å². The lowest BCUT2D eigenvalue weighted by atomic mass is 9.81. The van der Waals surface area contributed by atoms with Crippen LogP contribution in [0.25, 0.3) is 0 Å². The van der Waals surface area contributed by atoms with E-state index in [-0.39, 0.29) is 5.91 Å². The molecule has 1 aliphatic carbocycles. The van der Waals surface area contributed by atoms with Crippen molar-refractivity contribution in [2.45, 2.75) is 38.5 Å². The molecule has 0 aliphatic heterocycles. The van der Waals surface area contributed by atoms with Crippen molar-refractivity contribution in [1.82, 2.24) is 0 Å². The van der Waals surface area contributed by atoms with E-state index in [1.807, 2.05) is 6.07 Å². The molecule has 0 spiro atoms. The second kappa shape index (κ2) is 6.61. The SMILES string of the molecule is N#Cc1ccc(Cl)cc1NC(=O)C1(C#N)CCCCCC1. The first kappa shape index (κ1) is 15.4. The van der Waals surface area contributed by atoms with Gasteiger partial charge in [-0.2, -0.15) is 10.5 Å². The third-order valence-electron chi connectivity index (χ3n) is 3.96. The highest BCUT2D eigenvalue weighted by Gasteiger charge is 2.39. The van der Waals surface area contributed by atoms with Gasteiger partial charge in [0.25, 0.3) is 0 Å². The monoisotopic (exact) mass is 301 g/mol. The number of nitrogens with zero attached hydrogens (tertiary/aromatic N) is 2. The summed E-state index contributed by atoms with van der Waals surface area (Å²) in [6.45, 7) is 0. The standard InChI is InChI=1S/C16H16ClN3O/c17-13-6-5-12(10-18)14(9-13)20-15(21)16(11-19)7-3-1-2-4-8-16/h5-6,9H,1-4,7-8H2,(H,20,21). The molecule has 0 heterocycles. The molecular formula is C16H16ClN3O. The number of carbonyl (C=O) groups excluding carboxylic acids is 1. The third-order valence-corrected chi connectivity index (χ3v) is 4.19. The maximum atomic E-state index is 12.6. The molecule has 1 aromatic rings. The zero-order chi connectivity index (χ0) is 15.3. The molecule has 4 nitrogen and oxygen atoms in total. The fourth-order valence-corrected chi connectivity index (χ4v) is 2.85. The van der Waals surface area contributed by atoms with Crippen LogP contribution in [0, 0.1) is 28.1 Å². The number of anilines is 1. The second-order valence-corrected chi connectivity index (χ2v) is 5.80. The summed E-state index contributed by atoms with van der Waals surface area (Å²) in [6.07, 6.45) is 4.99. The molecule has 1 aliphatic rings. The first-order chi connectivity index (χ1) is 10.1. The van der Waals surface area contributed by atoms with E-state index in [9.17, 15) is 10.1 Å². The van der Waals surface area contributed by atoms with Gasteiger partial charge in [0, 0.05) is 5.02 Å². The maximum absolute atomic E-state index is 12.6. The Labute approximate surface area is 129 Å². The van der Waals surface area contributed by atoms with E-state index in [0.717, 1.165) is 25.7 Å². The van der Waals surface area contributed by atoms with Gasteiger partial charge in [-0.1, -0.05) is 37.3 Å². The van der Waals surface area contributed by atoms with Gasteiger partial charge in [0.2, 0.25) is 5.91 Å². The van der Waals surface area contributed by atoms with Crippen molar-refractivity contribution >= 4 is 23.2 Å². The Morgan fingerprint density at radius 3 is 2.43 bits per heavy atom. The number of hydrogen-bond donors (Lipinski definition) is 1. The van der Waals surface area contributed by atoms with Crippen LogP contribution < -0.4 is 5.32 Å². The fourth-order valence-electron chi connectivity index (χ4n) is 2.68. The molecule has 0 unspecified atom stereocenters. The van der Waals surface area contributed by atoms with Crippen LogP contribution in [0.4, 0.5) is 5.69 Å². The molecule has 108 valence electrons. The lowest BCUT2D eigenvalue weighted by molar-refractivity contribution is -0.123. The molecule has 0 atom stereocenters. The van der Waals surface area contributed by atoms with Crippen LogP contribution in [-0.4, -0.2) is 5.91 Å². The van der Waals surface area contributed by atoms with E-state index in [0.29, 0.717) is 29.1 Å². The van der Waals surface area contributed by atoms with Crippen molar-refractivity contribution in [2.24, 2.45) is 5.41 Å². The number of nitriles is 2. The predicted octanol–water partition coefficient (Wildman–Crippen LogP) is 4.01. The predicted molar refractivity (Wildman–Crippen MR) is 80.5 cm³/mol. The topological polar surface area (TPSA) is 76.7 Å². The van der Waals surface area contributed by atoms with Gasteiger partial charge in [-0.25, -0.2) is 0 Å². The Hall–Kier alpha value is -2.04. The minimum absolute atomic E-state index is 0.328. The van der Waals surface area contributed by atoms with E-state index in [4.69, 9.17) is 16.9 Å². The van der Waals surface area contributed by atoms with Crippen molar-refractivity contribution in [3.8, 4) is 12.1 Å². The van der Waals surface area contributed by atoms with Gasteiger partial charge in [0.1, 0.15) is 11.5 Å². The highest BCUT2D eigenvalue weighted by atomic mass is 35.5. The number of amides is 1. The Morgan fingerprint density at radius 1 is 1.19 bits per heavy atom. The molecule has 21 heavy (non-hydrogen) atoms. The summed E-state index contributed by atoms with van der Waals surface area (Å²) in [5, 5.41) is 21.7. The lowest BCUT2D eigenvalue weighted by Gasteiger charge is -2.23. The smallest absolute Gasteiger partial charge is 0.244 e. The average molecular weight is 302 g/mol. The summed E-state index contributed by atoms with van der Waals surface area (Å²) < 4.78 is 0. The molecule has 5 heteroatoms. The average Bonchev–Trinajstić information content (AvgIpc) is 2.74. The lowest BCUT2D eigenvalue weighted by Crippen LogP contribution is -2.34. The summed E-state index contributed by atoms with van der Waals surface area (Å²) in [4.78, 5) is 12.6. The minimum atomic E-state index is -0.995. The first-order valence-corrected chi connectivity index (χ1v) is 7.41. The summed E-state index contributed by atoms with van der Waals surface area (Å²) in [5.41, 5.74) is -0.283. The molecule has 0 bridgehead atoms. The third kappa shape index (κ3) is 3.35. The number of rotatable bonds is 2. The quantitative estimate of drug-likeness (QED) is 0.838. The normalized spacial score (nSPS) is 17.1. The molecule has 1 N–H and O–H groups in total. The summed E-state index contributed by atoms with van der Waals surface area (Å²) in [6, 6.07) is 8.92. The molecule has 0 radical (unpaired) electrons. The number of benzene rings is 1. The van der Waals surface area contributed by atoms with Crippen molar-refractivity contribution in [1.29, 1.82) is 10.5 Å². The van der Waals surface area contributed by atoms with E-state index >= 15 is 0 Å². The van der Waals surface area contributed by atoms with Gasteiger partial charge >= 0.3 is 0 Å². The number of carbonyl (C=O) groups is 1. The molecule has 1 amide bonds. The Bertz CT molecular complexity index is 619. The number of halogens is 1. The number of hydrogen-bond acceptors (Lipinski definition) is 3. The second-order valence-electron chi connectivity index (χ2n) is 5.36. The Balaban J connectivity index is 2.26. The zero-order valence-corrected chi connectivity index (χ0v) is 12.4. The molecule has 0 aromatic heterocycles. The molecule has 0 saturated heterocycles. The molecule has 1 fully saturated rings. The number of nitrogens with one attached hydrogen (secondary N) is 1. The highest BCUT2D eigenvalue weighted by Crippen LogP contribution is 2.36. The van der Waals surface area contributed by atoms with Crippen LogP contribution in [0.1, 0.15) is 44.1 Å². The summed E-state index contributed by atoms with van der Waals surface area (Å²) in [5.74, 6) is -0.328. The summed E-state index contributed by atoms with van der Waals surface area (Å²) >= 11 is 5.91. The fraction of sp³-hybridized carbons (Fsp3) is 0.438. The van der Waals surface area contributed by atoms with Crippen LogP contribution >= 0.6 is 11.6 Å².